The number of hydrogen-bond donors (Lipinski definition) is 2. The Morgan fingerprint density at radius 1 is 0.767 bits per heavy atom. The van der Waals surface area contributed by atoms with Crippen molar-refractivity contribution in [3.05, 3.63) is 125 Å². The van der Waals surface area contributed by atoms with Crippen molar-refractivity contribution >= 4 is 18.0 Å². The van der Waals surface area contributed by atoms with E-state index in [0.717, 1.165) is 58.6 Å². The van der Waals surface area contributed by atoms with Crippen LogP contribution in [0.3, 0.4) is 0 Å². The van der Waals surface area contributed by atoms with Gasteiger partial charge in [0.15, 0.2) is 0 Å². The number of carbonyl (C=O) groups is 2. The molecule has 6 nitrogen and oxygen atoms in total. The number of carboxylic acids is 2. The first kappa shape index (κ1) is 31.1. The number of aromatic carboxylic acids is 1. The largest absolute Gasteiger partial charge is 0.494 e. The third-order valence-electron chi connectivity index (χ3n) is 7.23. The van der Waals surface area contributed by atoms with E-state index in [1.807, 2.05) is 55.5 Å². The fourth-order valence-corrected chi connectivity index (χ4v) is 4.89. The van der Waals surface area contributed by atoms with Crippen LogP contribution in [0, 0.1) is 5.92 Å². The zero-order valence-corrected chi connectivity index (χ0v) is 24.4. The van der Waals surface area contributed by atoms with Gasteiger partial charge in [0, 0.05) is 12.0 Å². The van der Waals surface area contributed by atoms with Gasteiger partial charge in [-0.1, -0.05) is 85.3 Å². The number of rotatable bonds is 16. The predicted octanol–water partition coefficient (Wildman–Crippen LogP) is 8.55. The highest BCUT2D eigenvalue weighted by molar-refractivity contribution is 5.87. The van der Waals surface area contributed by atoms with E-state index >= 15 is 0 Å². The van der Waals surface area contributed by atoms with E-state index in [2.05, 4.69) is 48.6 Å². The summed E-state index contributed by atoms with van der Waals surface area (Å²) in [5, 5.41) is 18.2. The molecule has 0 amide bonds. The van der Waals surface area contributed by atoms with Gasteiger partial charge in [0.25, 0.3) is 0 Å². The second-order valence-electron chi connectivity index (χ2n) is 10.4. The molecule has 0 fully saturated rings. The molecule has 1 unspecified atom stereocenters. The molecule has 2 N–H and O–H groups in total. The van der Waals surface area contributed by atoms with Gasteiger partial charge in [-0.05, 0) is 84.7 Å². The zero-order valence-electron chi connectivity index (χ0n) is 24.4. The first-order valence-corrected chi connectivity index (χ1v) is 14.7. The number of benzene rings is 4. The van der Waals surface area contributed by atoms with Crippen molar-refractivity contribution < 1.29 is 29.3 Å². The lowest BCUT2D eigenvalue weighted by Crippen LogP contribution is -2.04. The first-order valence-electron chi connectivity index (χ1n) is 14.7. The van der Waals surface area contributed by atoms with Gasteiger partial charge in [-0.2, -0.15) is 0 Å². The second-order valence-corrected chi connectivity index (χ2v) is 10.4. The fraction of sp³-hybridized carbons (Fsp3) is 0.243. The Hall–Kier alpha value is -4.84. The molecule has 4 rings (SSSR count). The smallest absolute Gasteiger partial charge is 0.335 e. The van der Waals surface area contributed by atoms with E-state index in [0.29, 0.717) is 19.6 Å². The number of hydrogen-bond acceptors (Lipinski definition) is 4. The van der Waals surface area contributed by atoms with E-state index in [1.54, 1.807) is 12.1 Å². The molecular weight excluding hydrogens is 540 g/mol. The van der Waals surface area contributed by atoms with Crippen molar-refractivity contribution in [1.82, 2.24) is 0 Å². The van der Waals surface area contributed by atoms with Crippen LogP contribution >= 0.6 is 0 Å². The van der Waals surface area contributed by atoms with Crippen LogP contribution in [0.25, 0.3) is 17.2 Å². The summed E-state index contributed by atoms with van der Waals surface area (Å²) < 4.78 is 11.8. The Kier molecular flexibility index (Phi) is 11.6. The molecule has 4 aromatic rings. The van der Waals surface area contributed by atoms with Gasteiger partial charge in [-0.15, -0.1) is 0 Å². The van der Waals surface area contributed by atoms with Gasteiger partial charge in [-0.3, -0.25) is 4.79 Å². The van der Waals surface area contributed by atoms with E-state index < -0.39 is 11.9 Å². The Bertz CT molecular complexity index is 1490. The summed E-state index contributed by atoms with van der Waals surface area (Å²) in [6.45, 7) is 3.05. The monoisotopic (exact) mass is 578 g/mol. The maximum atomic E-state index is 11.2. The highest BCUT2D eigenvalue weighted by atomic mass is 16.5. The molecule has 43 heavy (non-hydrogen) atoms. The van der Waals surface area contributed by atoms with Gasteiger partial charge in [0.2, 0.25) is 0 Å². The molecule has 0 radical (unpaired) electrons. The van der Waals surface area contributed by atoms with E-state index in [-0.39, 0.29) is 17.9 Å². The number of unbranched alkanes of at least 4 members (excludes halogenated alkanes) is 1. The van der Waals surface area contributed by atoms with Crippen molar-refractivity contribution in [3.63, 3.8) is 0 Å². The summed E-state index contributed by atoms with van der Waals surface area (Å²) in [7, 11) is 0. The van der Waals surface area contributed by atoms with Crippen molar-refractivity contribution in [2.24, 2.45) is 5.92 Å². The normalized spacial score (nSPS) is 11.7. The van der Waals surface area contributed by atoms with Crippen LogP contribution in [0.5, 0.6) is 11.5 Å². The standard InChI is InChI=1S/C37H38O6/c1-2-42-34-23-21-31(22-24-34)30-16-14-29(15-17-30)26-43-35-9-5-4-8-32(35)18-11-27(7-3-6-10-36(38)39)25-28-12-19-33(20-13-28)37(40)41/h4-5,8-9,11-24,27H,2-3,6-7,10,25-26H2,1H3,(H,38,39)(H,40,41)/b18-11+. The predicted molar refractivity (Wildman–Crippen MR) is 170 cm³/mol. The molecule has 0 saturated carbocycles. The van der Waals surface area contributed by atoms with E-state index in [4.69, 9.17) is 14.6 Å². The van der Waals surface area contributed by atoms with E-state index in [9.17, 15) is 14.7 Å². The van der Waals surface area contributed by atoms with Crippen LogP contribution in [0.1, 0.15) is 59.7 Å². The molecule has 222 valence electrons. The summed E-state index contributed by atoms with van der Waals surface area (Å²) >= 11 is 0. The number of carboxylic acid groups (broad SMARTS) is 2. The summed E-state index contributed by atoms with van der Waals surface area (Å²) in [6, 6.07) is 31.3. The molecule has 0 saturated heterocycles. The minimum atomic E-state index is -0.947. The topological polar surface area (TPSA) is 93.1 Å². The summed E-state index contributed by atoms with van der Waals surface area (Å²) in [5.74, 6) is 0.0745. The van der Waals surface area contributed by atoms with Crippen molar-refractivity contribution in [2.45, 2.75) is 45.6 Å². The average molecular weight is 579 g/mol. The summed E-state index contributed by atoms with van der Waals surface area (Å²) in [4.78, 5) is 22.2. The Morgan fingerprint density at radius 3 is 2.07 bits per heavy atom. The molecule has 0 heterocycles. The maximum absolute atomic E-state index is 11.2. The highest BCUT2D eigenvalue weighted by Crippen LogP contribution is 2.26. The molecule has 1 atom stereocenters. The molecular formula is C37H38O6. The third kappa shape index (κ3) is 9.89. The molecule has 0 aliphatic heterocycles. The van der Waals surface area contributed by atoms with Crippen molar-refractivity contribution in [2.75, 3.05) is 6.61 Å². The van der Waals surface area contributed by atoms with Crippen molar-refractivity contribution in [1.29, 1.82) is 0 Å². The molecule has 6 heteroatoms. The summed E-state index contributed by atoms with van der Waals surface area (Å²) in [5.41, 5.74) is 5.58. The minimum Gasteiger partial charge on any atom is -0.494 e. The maximum Gasteiger partial charge on any atom is 0.335 e. The van der Waals surface area contributed by atoms with Crippen LogP contribution in [0.4, 0.5) is 0 Å². The lowest BCUT2D eigenvalue weighted by atomic mass is 9.92. The lowest BCUT2D eigenvalue weighted by Gasteiger charge is -2.14. The van der Waals surface area contributed by atoms with Crippen LogP contribution in [0.2, 0.25) is 0 Å². The SMILES string of the molecule is CCOc1ccc(-c2ccc(COc3ccccc3/C=C/C(CCCCC(=O)O)Cc3ccc(C(=O)O)cc3)cc2)cc1. The Balaban J connectivity index is 1.41. The number of para-hydroxylation sites is 1. The van der Waals surface area contributed by atoms with Gasteiger partial charge >= 0.3 is 11.9 Å². The number of aliphatic carboxylic acids is 1. The molecule has 0 aliphatic carbocycles. The van der Waals surface area contributed by atoms with Crippen LogP contribution in [-0.2, 0) is 17.8 Å². The molecule has 0 spiro atoms. The van der Waals surface area contributed by atoms with Gasteiger partial charge in [-0.25, -0.2) is 4.79 Å². The molecule has 0 aromatic heterocycles. The fourth-order valence-electron chi connectivity index (χ4n) is 4.89. The quantitative estimate of drug-likeness (QED) is 0.129. The third-order valence-corrected chi connectivity index (χ3v) is 7.23. The van der Waals surface area contributed by atoms with Crippen LogP contribution in [-0.4, -0.2) is 28.8 Å². The Labute approximate surface area is 253 Å². The lowest BCUT2D eigenvalue weighted by molar-refractivity contribution is -0.137. The number of allylic oxidation sites excluding steroid dienone is 1. The first-order chi connectivity index (χ1) is 20.9. The Morgan fingerprint density at radius 2 is 1.42 bits per heavy atom. The highest BCUT2D eigenvalue weighted by Gasteiger charge is 2.10. The van der Waals surface area contributed by atoms with Gasteiger partial charge in [0.1, 0.15) is 18.1 Å². The summed E-state index contributed by atoms with van der Waals surface area (Å²) in [6.07, 6.45) is 7.34. The van der Waals surface area contributed by atoms with Crippen LogP contribution in [0.15, 0.2) is 103 Å². The average Bonchev–Trinajstić information content (AvgIpc) is 3.02. The van der Waals surface area contributed by atoms with Crippen LogP contribution < -0.4 is 9.47 Å². The molecule has 4 aromatic carbocycles. The second kappa shape index (κ2) is 16.0. The molecule has 0 bridgehead atoms. The number of ether oxygens (including phenoxy) is 2. The zero-order chi connectivity index (χ0) is 30.4. The van der Waals surface area contributed by atoms with Crippen molar-refractivity contribution in [3.8, 4) is 22.6 Å². The molecule has 0 aliphatic rings. The minimum absolute atomic E-state index is 0.154. The van der Waals surface area contributed by atoms with E-state index in [1.165, 1.54) is 0 Å². The van der Waals surface area contributed by atoms with Gasteiger partial charge in [0.05, 0.1) is 12.2 Å². The van der Waals surface area contributed by atoms with Gasteiger partial charge < -0.3 is 19.7 Å².